The molecule has 2 aromatic carbocycles. The summed E-state index contributed by atoms with van der Waals surface area (Å²) in [5.41, 5.74) is 5.55. The highest BCUT2D eigenvalue weighted by Gasteiger charge is 2.05. The van der Waals surface area contributed by atoms with Gasteiger partial charge in [0.25, 0.3) is 0 Å². The summed E-state index contributed by atoms with van der Waals surface area (Å²) >= 11 is 0. The molecule has 0 saturated heterocycles. The first kappa shape index (κ1) is 15.8. The van der Waals surface area contributed by atoms with Crippen LogP contribution in [0.4, 0.5) is 0 Å². The van der Waals surface area contributed by atoms with Crippen molar-refractivity contribution in [2.45, 2.75) is 52.6 Å². The lowest BCUT2D eigenvalue weighted by Gasteiger charge is -2.16. The predicted molar refractivity (Wildman–Crippen MR) is 91.5 cm³/mol. The van der Waals surface area contributed by atoms with E-state index in [1.165, 1.54) is 41.5 Å². The van der Waals surface area contributed by atoms with E-state index in [2.05, 4.69) is 74.6 Å². The van der Waals surface area contributed by atoms with Crippen molar-refractivity contribution in [3.8, 4) is 0 Å². The number of hydrogen-bond donors (Lipinski definition) is 1. The molecule has 0 aliphatic rings. The topological polar surface area (TPSA) is 12.0 Å². The van der Waals surface area contributed by atoms with Gasteiger partial charge in [-0.3, -0.25) is 0 Å². The Hall–Kier alpha value is -1.60. The third-order valence-electron chi connectivity index (χ3n) is 4.16. The smallest absolute Gasteiger partial charge is 0.0294 e. The second-order valence-electron chi connectivity index (χ2n) is 5.87. The van der Waals surface area contributed by atoms with Crippen LogP contribution < -0.4 is 5.32 Å². The lowest BCUT2D eigenvalue weighted by Crippen LogP contribution is -2.18. The summed E-state index contributed by atoms with van der Waals surface area (Å²) in [6, 6.07) is 18.0. The fraction of sp³-hybridized carbons (Fsp3) is 0.400. The monoisotopic (exact) mass is 281 g/mol. The zero-order chi connectivity index (χ0) is 15.1. The third-order valence-corrected chi connectivity index (χ3v) is 4.16. The van der Waals surface area contributed by atoms with Gasteiger partial charge in [0.15, 0.2) is 0 Å². The molecule has 112 valence electrons. The lowest BCUT2D eigenvalue weighted by molar-refractivity contribution is 0.573. The number of rotatable bonds is 7. The second kappa shape index (κ2) is 7.99. The van der Waals surface area contributed by atoms with E-state index in [1.54, 1.807) is 0 Å². The fourth-order valence-electron chi connectivity index (χ4n) is 2.54. The molecule has 0 radical (unpaired) electrons. The Labute approximate surface area is 129 Å². The predicted octanol–water partition coefficient (Wildman–Crippen LogP) is 5.19. The van der Waals surface area contributed by atoms with Crippen molar-refractivity contribution in [1.29, 1.82) is 0 Å². The average molecular weight is 281 g/mol. The van der Waals surface area contributed by atoms with Crippen molar-refractivity contribution in [3.63, 3.8) is 0 Å². The van der Waals surface area contributed by atoms with E-state index in [9.17, 15) is 0 Å². The molecule has 0 fully saturated rings. The van der Waals surface area contributed by atoms with Crippen LogP contribution in [0, 0.1) is 6.92 Å². The minimum absolute atomic E-state index is 0.379. The van der Waals surface area contributed by atoms with E-state index >= 15 is 0 Å². The molecule has 21 heavy (non-hydrogen) atoms. The van der Waals surface area contributed by atoms with Crippen molar-refractivity contribution in [1.82, 2.24) is 5.32 Å². The number of aryl methyl sites for hydroxylation is 2. The van der Waals surface area contributed by atoms with Gasteiger partial charge in [0.05, 0.1) is 0 Å². The van der Waals surface area contributed by atoms with E-state index in [-0.39, 0.29) is 0 Å². The molecule has 1 heteroatoms. The number of nitrogens with one attached hydrogen (secondary N) is 1. The van der Waals surface area contributed by atoms with E-state index in [0.717, 1.165) is 6.54 Å². The van der Waals surface area contributed by atoms with Crippen LogP contribution in [0.15, 0.2) is 48.5 Å². The van der Waals surface area contributed by atoms with E-state index in [4.69, 9.17) is 0 Å². The summed E-state index contributed by atoms with van der Waals surface area (Å²) in [4.78, 5) is 0. The summed E-state index contributed by atoms with van der Waals surface area (Å²) in [6.07, 6.45) is 3.73. The van der Waals surface area contributed by atoms with Crippen molar-refractivity contribution in [2.24, 2.45) is 0 Å². The first-order valence-electron chi connectivity index (χ1n) is 8.07. The summed E-state index contributed by atoms with van der Waals surface area (Å²) < 4.78 is 0. The van der Waals surface area contributed by atoms with Crippen molar-refractivity contribution in [2.75, 3.05) is 0 Å². The maximum absolute atomic E-state index is 3.62. The van der Waals surface area contributed by atoms with E-state index < -0.39 is 0 Å². The highest BCUT2D eigenvalue weighted by atomic mass is 14.9. The largest absolute Gasteiger partial charge is 0.306 e. The Morgan fingerprint density at radius 1 is 1.00 bits per heavy atom. The highest BCUT2D eigenvalue weighted by Crippen LogP contribution is 2.16. The SMILES string of the molecule is CCCCc1ccc(C(C)NCc2ccccc2C)cc1. The Kier molecular flexibility index (Phi) is 6.01. The van der Waals surface area contributed by atoms with Crippen molar-refractivity contribution >= 4 is 0 Å². The van der Waals surface area contributed by atoms with Crippen LogP contribution in [0.1, 0.15) is 55.0 Å². The molecule has 0 aliphatic carbocycles. The van der Waals surface area contributed by atoms with Gasteiger partial charge in [-0.25, -0.2) is 0 Å². The Morgan fingerprint density at radius 2 is 1.71 bits per heavy atom. The van der Waals surface area contributed by atoms with Crippen LogP contribution in [0.2, 0.25) is 0 Å². The van der Waals surface area contributed by atoms with Gasteiger partial charge in [-0.05, 0) is 48.9 Å². The maximum Gasteiger partial charge on any atom is 0.0294 e. The summed E-state index contributed by atoms with van der Waals surface area (Å²) in [7, 11) is 0. The standard InChI is InChI=1S/C20H27N/c1-4-5-9-18-11-13-19(14-12-18)17(3)21-15-20-10-7-6-8-16(20)2/h6-8,10-14,17,21H,4-5,9,15H2,1-3H3. The molecular formula is C20H27N. The van der Waals surface area contributed by atoms with Gasteiger partial charge < -0.3 is 5.32 Å². The van der Waals surface area contributed by atoms with Crippen LogP contribution in [0.5, 0.6) is 0 Å². The van der Waals surface area contributed by atoms with Crippen molar-refractivity contribution < 1.29 is 0 Å². The molecule has 2 rings (SSSR count). The molecule has 0 saturated carbocycles. The Bertz CT molecular complexity index is 542. The van der Waals surface area contributed by atoms with Gasteiger partial charge in [-0.1, -0.05) is 61.9 Å². The summed E-state index contributed by atoms with van der Waals surface area (Å²) in [6.45, 7) is 7.57. The van der Waals surface area contributed by atoms with Crippen LogP contribution in [0.3, 0.4) is 0 Å². The lowest BCUT2D eigenvalue weighted by atomic mass is 10.0. The Morgan fingerprint density at radius 3 is 2.38 bits per heavy atom. The molecular weight excluding hydrogens is 254 g/mol. The van der Waals surface area contributed by atoms with Gasteiger partial charge >= 0.3 is 0 Å². The number of benzene rings is 2. The van der Waals surface area contributed by atoms with Gasteiger partial charge in [0, 0.05) is 12.6 Å². The van der Waals surface area contributed by atoms with Gasteiger partial charge in [-0.15, -0.1) is 0 Å². The molecule has 1 nitrogen and oxygen atoms in total. The molecule has 1 unspecified atom stereocenters. The number of hydrogen-bond acceptors (Lipinski definition) is 1. The second-order valence-corrected chi connectivity index (χ2v) is 5.87. The van der Waals surface area contributed by atoms with Crippen LogP contribution >= 0.6 is 0 Å². The maximum atomic E-state index is 3.62. The molecule has 2 aromatic rings. The zero-order valence-corrected chi connectivity index (χ0v) is 13.5. The normalized spacial score (nSPS) is 12.3. The minimum Gasteiger partial charge on any atom is -0.306 e. The fourth-order valence-corrected chi connectivity index (χ4v) is 2.54. The number of unbranched alkanes of at least 4 members (excludes halogenated alkanes) is 1. The zero-order valence-electron chi connectivity index (χ0n) is 13.5. The quantitative estimate of drug-likeness (QED) is 0.736. The molecule has 0 heterocycles. The first-order valence-corrected chi connectivity index (χ1v) is 8.07. The summed E-state index contributed by atoms with van der Waals surface area (Å²) in [5.74, 6) is 0. The molecule has 0 bridgehead atoms. The van der Waals surface area contributed by atoms with Crippen LogP contribution in [-0.2, 0) is 13.0 Å². The molecule has 1 N–H and O–H groups in total. The average Bonchev–Trinajstić information content (AvgIpc) is 2.52. The van der Waals surface area contributed by atoms with E-state index in [0.29, 0.717) is 6.04 Å². The summed E-state index contributed by atoms with van der Waals surface area (Å²) in [5, 5.41) is 3.62. The molecule has 0 amide bonds. The molecule has 0 spiro atoms. The molecule has 0 aliphatic heterocycles. The van der Waals surface area contributed by atoms with Crippen LogP contribution in [-0.4, -0.2) is 0 Å². The molecule has 0 aromatic heterocycles. The van der Waals surface area contributed by atoms with Crippen molar-refractivity contribution in [3.05, 3.63) is 70.8 Å². The first-order chi connectivity index (χ1) is 10.2. The van der Waals surface area contributed by atoms with Crippen LogP contribution in [0.25, 0.3) is 0 Å². The minimum atomic E-state index is 0.379. The third kappa shape index (κ3) is 4.71. The van der Waals surface area contributed by atoms with E-state index in [1.807, 2.05) is 0 Å². The van der Waals surface area contributed by atoms with Gasteiger partial charge in [0.1, 0.15) is 0 Å². The van der Waals surface area contributed by atoms with Gasteiger partial charge in [0.2, 0.25) is 0 Å². The Balaban J connectivity index is 1.91. The highest BCUT2D eigenvalue weighted by molar-refractivity contribution is 5.27. The molecule has 1 atom stereocenters. The van der Waals surface area contributed by atoms with Gasteiger partial charge in [-0.2, -0.15) is 0 Å².